The Morgan fingerprint density at radius 2 is 1.73 bits per heavy atom. The van der Waals surface area contributed by atoms with Crippen molar-refractivity contribution < 1.29 is 13.6 Å². The van der Waals surface area contributed by atoms with Crippen molar-refractivity contribution in [3.8, 4) is 11.3 Å². The van der Waals surface area contributed by atoms with Gasteiger partial charge in [-0.15, -0.1) is 0 Å². The molecule has 0 saturated carbocycles. The summed E-state index contributed by atoms with van der Waals surface area (Å²) in [5.74, 6) is -0.0446. The SMILES string of the molecule is Cc1ccc(-c2ccc(C(=O)NC(=S)Nc3ccc(F)cc3)o2)cc1C. The Morgan fingerprint density at radius 3 is 2.42 bits per heavy atom. The number of anilines is 1. The van der Waals surface area contributed by atoms with Crippen molar-refractivity contribution in [2.24, 2.45) is 0 Å². The molecule has 1 heterocycles. The van der Waals surface area contributed by atoms with Crippen molar-refractivity contribution in [2.75, 3.05) is 5.32 Å². The van der Waals surface area contributed by atoms with Crippen LogP contribution in [0.15, 0.2) is 59.0 Å². The first kappa shape index (κ1) is 17.8. The average molecular weight is 368 g/mol. The zero-order valence-corrected chi connectivity index (χ0v) is 15.1. The molecule has 0 atom stereocenters. The van der Waals surface area contributed by atoms with E-state index in [2.05, 4.69) is 10.6 Å². The molecule has 0 aliphatic carbocycles. The van der Waals surface area contributed by atoms with E-state index < -0.39 is 5.91 Å². The molecule has 26 heavy (non-hydrogen) atoms. The Kier molecular flexibility index (Phi) is 5.14. The minimum atomic E-state index is -0.459. The van der Waals surface area contributed by atoms with Crippen molar-refractivity contribution in [1.82, 2.24) is 5.32 Å². The lowest BCUT2D eigenvalue weighted by Gasteiger charge is -2.08. The number of halogens is 1. The number of aryl methyl sites for hydroxylation is 2. The topological polar surface area (TPSA) is 54.3 Å². The second-order valence-electron chi connectivity index (χ2n) is 5.88. The molecule has 0 aliphatic rings. The lowest BCUT2D eigenvalue weighted by Crippen LogP contribution is -2.33. The standard InChI is InChI=1S/C20H17FN2O2S/c1-12-3-4-14(11-13(12)2)17-9-10-18(25-17)19(24)23-20(26)22-16-7-5-15(21)6-8-16/h3-11H,1-2H3,(H2,22,23,24,26). The first-order valence-electron chi connectivity index (χ1n) is 7.98. The van der Waals surface area contributed by atoms with Crippen molar-refractivity contribution >= 4 is 28.9 Å². The maximum absolute atomic E-state index is 12.9. The lowest BCUT2D eigenvalue weighted by atomic mass is 10.1. The van der Waals surface area contributed by atoms with Crippen molar-refractivity contribution in [1.29, 1.82) is 0 Å². The van der Waals surface area contributed by atoms with Gasteiger partial charge in [0.05, 0.1) is 0 Å². The molecule has 0 saturated heterocycles. The first-order chi connectivity index (χ1) is 12.4. The Hall–Kier alpha value is -2.99. The molecular formula is C20H17FN2O2S. The lowest BCUT2D eigenvalue weighted by molar-refractivity contribution is 0.0951. The van der Waals surface area contributed by atoms with Crippen LogP contribution in [0.4, 0.5) is 10.1 Å². The van der Waals surface area contributed by atoms with Gasteiger partial charge in [0.15, 0.2) is 10.9 Å². The summed E-state index contributed by atoms with van der Waals surface area (Å²) in [6.07, 6.45) is 0. The van der Waals surface area contributed by atoms with Crippen molar-refractivity contribution in [3.05, 3.63) is 77.3 Å². The Labute approximate surface area is 156 Å². The van der Waals surface area contributed by atoms with Crippen LogP contribution in [0.25, 0.3) is 11.3 Å². The molecule has 0 spiro atoms. The third-order valence-electron chi connectivity index (χ3n) is 3.95. The summed E-state index contributed by atoms with van der Waals surface area (Å²) in [7, 11) is 0. The van der Waals surface area contributed by atoms with E-state index in [4.69, 9.17) is 16.6 Å². The van der Waals surface area contributed by atoms with Gasteiger partial charge in [-0.1, -0.05) is 12.1 Å². The smallest absolute Gasteiger partial charge is 0.293 e. The highest BCUT2D eigenvalue weighted by Gasteiger charge is 2.14. The molecule has 0 bridgehead atoms. The van der Waals surface area contributed by atoms with Gasteiger partial charge in [-0.3, -0.25) is 10.1 Å². The molecule has 3 aromatic rings. The largest absolute Gasteiger partial charge is 0.451 e. The molecule has 6 heteroatoms. The molecule has 132 valence electrons. The summed E-state index contributed by atoms with van der Waals surface area (Å²) in [6.45, 7) is 4.06. The summed E-state index contributed by atoms with van der Waals surface area (Å²) >= 11 is 5.10. The minimum absolute atomic E-state index is 0.103. The predicted molar refractivity (Wildman–Crippen MR) is 104 cm³/mol. The van der Waals surface area contributed by atoms with Gasteiger partial charge in [-0.05, 0) is 79.7 Å². The van der Waals surface area contributed by atoms with Gasteiger partial charge >= 0.3 is 0 Å². The molecule has 1 aromatic heterocycles. The fourth-order valence-corrected chi connectivity index (χ4v) is 2.58. The second kappa shape index (κ2) is 7.49. The number of carbonyl (C=O) groups excluding carboxylic acids is 1. The Morgan fingerprint density at radius 1 is 1.00 bits per heavy atom. The fourth-order valence-electron chi connectivity index (χ4n) is 2.37. The van der Waals surface area contributed by atoms with Gasteiger partial charge in [0.25, 0.3) is 5.91 Å². The predicted octanol–water partition coefficient (Wildman–Crippen LogP) is 4.83. The monoisotopic (exact) mass is 368 g/mol. The van der Waals surface area contributed by atoms with Gasteiger partial charge in [-0.25, -0.2) is 4.39 Å². The Bertz CT molecular complexity index is 964. The van der Waals surface area contributed by atoms with Crippen molar-refractivity contribution in [3.63, 3.8) is 0 Å². The summed E-state index contributed by atoms with van der Waals surface area (Å²) in [6, 6.07) is 15.0. The molecule has 2 aromatic carbocycles. The van der Waals surface area contributed by atoms with Gasteiger partial charge in [0, 0.05) is 11.3 Å². The van der Waals surface area contributed by atoms with Crippen LogP contribution in [0.2, 0.25) is 0 Å². The number of thiocarbonyl (C=S) groups is 1. The van der Waals surface area contributed by atoms with E-state index >= 15 is 0 Å². The molecule has 0 aliphatic heterocycles. The quantitative estimate of drug-likeness (QED) is 0.650. The summed E-state index contributed by atoms with van der Waals surface area (Å²) in [5, 5.41) is 5.45. The van der Waals surface area contributed by atoms with E-state index in [1.807, 2.05) is 32.0 Å². The van der Waals surface area contributed by atoms with E-state index in [1.54, 1.807) is 12.1 Å². The van der Waals surface area contributed by atoms with Crippen LogP contribution in [0.5, 0.6) is 0 Å². The number of hydrogen-bond donors (Lipinski definition) is 2. The number of rotatable bonds is 3. The van der Waals surface area contributed by atoms with E-state index in [0.717, 1.165) is 11.1 Å². The number of benzene rings is 2. The highest BCUT2D eigenvalue weighted by molar-refractivity contribution is 7.80. The van der Waals surface area contributed by atoms with Gasteiger partial charge in [0.2, 0.25) is 0 Å². The van der Waals surface area contributed by atoms with E-state index in [1.165, 1.54) is 29.8 Å². The molecule has 0 unspecified atom stereocenters. The van der Waals surface area contributed by atoms with E-state index in [-0.39, 0.29) is 16.7 Å². The Balaban J connectivity index is 1.66. The first-order valence-corrected chi connectivity index (χ1v) is 8.38. The number of furan rings is 1. The van der Waals surface area contributed by atoms with Crippen LogP contribution in [-0.2, 0) is 0 Å². The van der Waals surface area contributed by atoms with Gasteiger partial charge in [0.1, 0.15) is 11.6 Å². The normalized spacial score (nSPS) is 10.4. The molecule has 0 fully saturated rings. The minimum Gasteiger partial charge on any atom is -0.451 e. The molecule has 1 amide bonds. The van der Waals surface area contributed by atoms with Crippen molar-refractivity contribution in [2.45, 2.75) is 13.8 Å². The molecule has 0 radical (unpaired) electrons. The second-order valence-corrected chi connectivity index (χ2v) is 6.29. The van der Waals surface area contributed by atoms with Crippen LogP contribution in [0.3, 0.4) is 0 Å². The maximum atomic E-state index is 12.9. The molecule has 2 N–H and O–H groups in total. The van der Waals surface area contributed by atoms with E-state index in [9.17, 15) is 9.18 Å². The summed E-state index contributed by atoms with van der Waals surface area (Å²) in [4.78, 5) is 12.3. The zero-order chi connectivity index (χ0) is 18.7. The fraction of sp³-hybridized carbons (Fsp3) is 0.100. The molecule has 4 nitrogen and oxygen atoms in total. The number of carbonyl (C=O) groups is 1. The van der Waals surface area contributed by atoms with Crippen LogP contribution in [0.1, 0.15) is 21.7 Å². The number of hydrogen-bond acceptors (Lipinski definition) is 3. The maximum Gasteiger partial charge on any atom is 0.293 e. The van der Waals surface area contributed by atoms with E-state index in [0.29, 0.717) is 11.4 Å². The molecular weight excluding hydrogens is 351 g/mol. The molecule has 3 rings (SSSR count). The number of nitrogens with one attached hydrogen (secondary N) is 2. The highest BCUT2D eigenvalue weighted by atomic mass is 32.1. The highest BCUT2D eigenvalue weighted by Crippen LogP contribution is 2.24. The summed E-state index contributed by atoms with van der Waals surface area (Å²) in [5.41, 5.74) is 3.82. The van der Waals surface area contributed by atoms with Crippen LogP contribution in [-0.4, -0.2) is 11.0 Å². The average Bonchev–Trinajstić information content (AvgIpc) is 3.09. The third kappa shape index (κ3) is 4.15. The zero-order valence-electron chi connectivity index (χ0n) is 14.3. The summed E-state index contributed by atoms with van der Waals surface area (Å²) < 4.78 is 18.5. The van der Waals surface area contributed by atoms with Crippen LogP contribution in [0, 0.1) is 19.7 Å². The van der Waals surface area contributed by atoms with Gasteiger partial charge in [-0.2, -0.15) is 0 Å². The number of amides is 1. The van der Waals surface area contributed by atoms with Gasteiger partial charge < -0.3 is 9.73 Å². The van der Waals surface area contributed by atoms with Crippen LogP contribution < -0.4 is 10.6 Å². The van der Waals surface area contributed by atoms with Crippen LogP contribution >= 0.6 is 12.2 Å². The third-order valence-corrected chi connectivity index (χ3v) is 4.15.